The van der Waals surface area contributed by atoms with Crippen LogP contribution in [-0.2, 0) is 10.3 Å². The SMILES string of the molecule is C[C@H](NC(=O)c1cc(C2CC2)nn1C(C)(C)C)C(N)=O. The van der Waals surface area contributed by atoms with Crippen molar-refractivity contribution in [2.24, 2.45) is 5.73 Å². The Labute approximate surface area is 118 Å². The van der Waals surface area contributed by atoms with Gasteiger partial charge in [0.1, 0.15) is 11.7 Å². The fourth-order valence-corrected chi connectivity index (χ4v) is 1.99. The summed E-state index contributed by atoms with van der Waals surface area (Å²) in [6.45, 7) is 7.54. The number of hydrogen-bond acceptors (Lipinski definition) is 3. The highest BCUT2D eigenvalue weighted by atomic mass is 16.2. The number of carbonyl (C=O) groups excluding carboxylic acids is 2. The van der Waals surface area contributed by atoms with Crippen molar-refractivity contribution in [1.29, 1.82) is 0 Å². The maximum absolute atomic E-state index is 12.3. The molecule has 6 heteroatoms. The summed E-state index contributed by atoms with van der Waals surface area (Å²) in [7, 11) is 0. The Hall–Kier alpha value is -1.85. The zero-order chi connectivity index (χ0) is 15.1. The number of primary amides is 1. The average molecular weight is 278 g/mol. The summed E-state index contributed by atoms with van der Waals surface area (Å²) < 4.78 is 1.73. The first-order valence-corrected chi connectivity index (χ1v) is 6.90. The smallest absolute Gasteiger partial charge is 0.270 e. The lowest BCUT2D eigenvalue weighted by molar-refractivity contribution is -0.119. The lowest BCUT2D eigenvalue weighted by Gasteiger charge is -2.22. The Bertz CT molecular complexity index is 538. The van der Waals surface area contributed by atoms with Crippen LogP contribution in [0.4, 0.5) is 0 Å². The number of carbonyl (C=O) groups is 2. The van der Waals surface area contributed by atoms with Gasteiger partial charge in [0.2, 0.25) is 5.91 Å². The van der Waals surface area contributed by atoms with Crippen molar-refractivity contribution < 1.29 is 9.59 Å². The molecule has 0 spiro atoms. The van der Waals surface area contributed by atoms with Gasteiger partial charge in [0, 0.05) is 5.92 Å². The summed E-state index contributed by atoms with van der Waals surface area (Å²) in [5.41, 5.74) is 6.31. The molecule has 0 aromatic carbocycles. The first-order chi connectivity index (χ1) is 9.20. The summed E-state index contributed by atoms with van der Waals surface area (Å²) in [5.74, 6) is -0.396. The van der Waals surface area contributed by atoms with Crippen LogP contribution in [-0.4, -0.2) is 27.6 Å². The van der Waals surface area contributed by atoms with Gasteiger partial charge in [0.15, 0.2) is 0 Å². The van der Waals surface area contributed by atoms with Crippen LogP contribution in [0.25, 0.3) is 0 Å². The molecule has 1 heterocycles. The lowest BCUT2D eigenvalue weighted by atomic mass is 10.1. The molecule has 2 amide bonds. The first-order valence-electron chi connectivity index (χ1n) is 6.90. The molecule has 6 nitrogen and oxygen atoms in total. The van der Waals surface area contributed by atoms with Crippen molar-refractivity contribution in [3.05, 3.63) is 17.5 Å². The molecular formula is C14H22N4O2. The van der Waals surface area contributed by atoms with Crippen LogP contribution in [0.3, 0.4) is 0 Å². The maximum Gasteiger partial charge on any atom is 0.270 e. The third kappa shape index (κ3) is 3.00. The Morgan fingerprint density at radius 2 is 2.05 bits per heavy atom. The maximum atomic E-state index is 12.3. The van der Waals surface area contributed by atoms with E-state index < -0.39 is 11.9 Å². The molecule has 2 rings (SSSR count). The number of rotatable bonds is 4. The fraction of sp³-hybridized carbons (Fsp3) is 0.643. The number of amides is 2. The average Bonchev–Trinajstić information content (AvgIpc) is 3.06. The van der Waals surface area contributed by atoms with Crippen molar-refractivity contribution in [2.45, 2.75) is 58.0 Å². The summed E-state index contributed by atoms with van der Waals surface area (Å²) in [6, 6.07) is 1.13. The standard InChI is InChI=1S/C14H22N4O2/c1-8(12(15)19)16-13(20)11-7-10(9-5-6-9)17-18(11)14(2,3)4/h7-9H,5-6H2,1-4H3,(H2,15,19)(H,16,20)/t8-/m0/s1. The van der Waals surface area contributed by atoms with Gasteiger partial charge in [0.05, 0.1) is 11.2 Å². The predicted molar refractivity (Wildman–Crippen MR) is 75.3 cm³/mol. The van der Waals surface area contributed by atoms with E-state index in [0.717, 1.165) is 18.5 Å². The fourth-order valence-electron chi connectivity index (χ4n) is 1.99. The highest BCUT2D eigenvalue weighted by Crippen LogP contribution is 2.40. The number of nitrogens with two attached hydrogens (primary N) is 1. The van der Waals surface area contributed by atoms with E-state index in [2.05, 4.69) is 10.4 Å². The van der Waals surface area contributed by atoms with E-state index in [1.807, 2.05) is 26.8 Å². The van der Waals surface area contributed by atoms with Crippen LogP contribution in [0.5, 0.6) is 0 Å². The van der Waals surface area contributed by atoms with Gasteiger partial charge < -0.3 is 11.1 Å². The van der Waals surface area contributed by atoms with Crippen LogP contribution in [0.15, 0.2) is 6.07 Å². The molecule has 1 aromatic rings. The van der Waals surface area contributed by atoms with Gasteiger partial charge in [-0.3, -0.25) is 14.3 Å². The van der Waals surface area contributed by atoms with Gasteiger partial charge in [-0.15, -0.1) is 0 Å². The molecule has 1 aliphatic carbocycles. The van der Waals surface area contributed by atoms with Gasteiger partial charge in [-0.05, 0) is 46.6 Å². The van der Waals surface area contributed by atoms with Crippen LogP contribution < -0.4 is 11.1 Å². The summed E-state index contributed by atoms with van der Waals surface area (Å²) >= 11 is 0. The van der Waals surface area contributed by atoms with Crippen molar-refractivity contribution in [2.75, 3.05) is 0 Å². The van der Waals surface area contributed by atoms with Crippen LogP contribution in [0, 0.1) is 0 Å². The van der Waals surface area contributed by atoms with Crippen molar-refractivity contribution >= 4 is 11.8 Å². The molecule has 0 saturated heterocycles. The van der Waals surface area contributed by atoms with E-state index in [4.69, 9.17) is 5.73 Å². The highest BCUT2D eigenvalue weighted by Gasteiger charge is 2.31. The van der Waals surface area contributed by atoms with Crippen LogP contribution in [0.2, 0.25) is 0 Å². The molecule has 110 valence electrons. The molecule has 20 heavy (non-hydrogen) atoms. The van der Waals surface area contributed by atoms with Gasteiger partial charge in [-0.25, -0.2) is 0 Å². The van der Waals surface area contributed by atoms with Gasteiger partial charge >= 0.3 is 0 Å². The molecule has 3 N–H and O–H groups in total. The number of nitrogens with zero attached hydrogens (tertiary/aromatic N) is 2. The molecular weight excluding hydrogens is 256 g/mol. The molecule has 1 saturated carbocycles. The zero-order valence-electron chi connectivity index (χ0n) is 12.4. The Morgan fingerprint density at radius 1 is 1.45 bits per heavy atom. The van der Waals surface area contributed by atoms with Crippen molar-refractivity contribution in [3.8, 4) is 0 Å². The van der Waals surface area contributed by atoms with Gasteiger partial charge in [-0.2, -0.15) is 5.10 Å². The molecule has 1 fully saturated rings. The number of hydrogen-bond donors (Lipinski definition) is 2. The van der Waals surface area contributed by atoms with E-state index >= 15 is 0 Å². The lowest BCUT2D eigenvalue weighted by Crippen LogP contribution is -2.43. The molecule has 0 bridgehead atoms. The number of nitrogens with one attached hydrogen (secondary N) is 1. The largest absolute Gasteiger partial charge is 0.368 e. The Morgan fingerprint density at radius 3 is 2.50 bits per heavy atom. The predicted octanol–water partition coefficient (Wildman–Crippen LogP) is 1.12. The molecule has 1 aromatic heterocycles. The van der Waals surface area contributed by atoms with E-state index in [0.29, 0.717) is 11.6 Å². The second-order valence-electron chi connectivity index (χ2n) is 6.41. The van der Waals surface area contributed by atoms with E-state index in [1.54, 1.807) is 11.6 Å². The summed E-state index contributed by atoms with van der Waals surface area (Å²) in [4.78, 5) is 23.4. The quantitative estimate of drug-likeness (QED) is 0.864. The van der Waals surface area contributed by atoms with E-state index in [1.165, 1.54) is 0 Å². The second-order valence-corrected chi connectivity index (χ2v) is 6.41. The van der Waals surface area contributed by atoms with E-state index in [-0.39, 0.29) is 11.4 Å². The summed E-state index contributed by atoms with van der Waals surface area (Å²) in [6.07, 6.45) is 2.25. The zero-order valence-corrected chi connectivity index (χ0v) is 12.4. The third-order valence-electron chi connectivity index (χ3n) is 3.37. The second kappa shape index (κ2) is 4.92. The summed E-state index contributed by atoms with van der Waals surface area (Å²) in [5, 5.41) is 7.16. The highest BCUT2D eigenvalue weighted by molar-refractivity contribution is 5.96. The van der Waals surface area contributed by atoms with Crippen LogP contribution >= 0.6 is 0 Å². The minimum absolute atomic E-state index is 0.296. The third-order valence-corrected chi connectivity index (χ3v) is 3.37. The Kier molecular flexibility index (Phi) is 3.58. The molecule has 0 unspecified atom stereocenters. The van der Waals surface area contributed by atoms with Crippen molar-refractivity contribution in [1.82, 2.24) is 15.1 Å². The normalized spacial score (nSPS) is 16.8. The van der Waals surface area contributed by atoms with Crippen molar-refractivity contribution in [3.63, 3.8) is 0 Å². The van der Waals surface area contributed by atoms with Gasteiger partial charge in [0.25, 0.3) is 5.91 Å². The molecule has 0 aliphatic heterocycles. The Balaban J connectivity index is 2.29. The monoisotopic (exact) mass is 278 g/mol. The molecule has 0 radical (unpaired) electrons. The van der Waals surface area contributed by atoms with Crippen LogP contribution in [0.1, 0.15) is 62.6 Å². The minimum atomic E-state index is -0.699. The van der Waals surface area contributed by atoms with E-state index in [9.17, 15) is 9.59 Å². The molecule has 1 aliphatic rings. The van der Waals surface area contributed by atoms with Gasteiger partial charge in [-0.1, -0.05) is 0 Å². The molecule has 1 atom stereocenters. The number of aromatic nitrogens is 2. The minimum Gasteiger partial charge on any atom is -0.368 e. The first kappa shape index (κ1) is 14.6. The topological polar surface area (TPSA) is 90.0 Å².